The lowest BCUT2D eigenvalue weighted by Gasteiger charge is -2.16. The van der Waals surface area contributed by atoms with Crippen molar-refractivity contribution in [2.24, 2.45) is 0 Å². The number of aromatic nitrogens is 3. The van der Waals surface area contributed by atoms with Gasteiger partial charge in [-0.25, -0.2) is 14.8 Å². The summed E-state index contributed by atoms with van der Waals surface area (Å²) in [6.07, 6.45) is 2.76. The Morgan fingerprint density at radius 2 is 1.76 bits per heavy atom. The Balaban J connectivity index is 1.99. The van der Waals surface area contributed by atoms with Crippen LogP contribution in [0.5, 0.6) is 5.75 Å². The molecule has 0 fully saturated rings. The number of methoxy groups -OCH3 is 1. The molecule has 0 spiro atoms. The van der Waals surface area contributed by atoms with Gasteiger partial charge in [0, 0.05) is 28.4 Å². The van der Waals surface area contributed by atoms with Crippen molar-refractivity contribution in [3.63, 3.8) is 0 Å². The first kappa shape index (κ1) is 22.8. The highest BCUT2D eigenvalue weighted by Gasteiger charge is 2.21. The molecule has 0 aliphatic rings. The SMILES string of the molecule is CCOC(=O)c1cn(Cc2ccc(OC)cc2)c2c(-c3cc(Cl)cc(Cl)c3)ncnc2c1=O. The molecule has 0 bridgehead atoms. The zero-order valence-corrected chi connectivity index (χ0v) is 19.4. The second kappa shape index (κ2) is 9.60. The maximum absolute atomic E-state index is 13.2. The molecule has 0 radical (unpaired) electrons. The van der Waals surface area contributed by atoms with E-state index in [1.54, 1.807) is 36.8 Å². The fraction of sp³-hybridized carbons (Fsp3) is 0.167. The first-order valence-electron chi connectivity index (χ1n) is 10.1. The number of rotatable bonds is 6. The van der Waals surface area contributed by atoms with Gasteiger partial charge in [0.15, 0.2) is 0 Å². The van der Waals surface area contributed by atoms with Crippen LogP contribution >= 0.6 is 23.2 Å². The number of pyridine rings is 1. The molecule has 0 N–H and O–H groups in total. The third-order valence-corrected chi connectivity index (χ3v) is 5.43. The molecule has 0 saturated carbocycles. The number of benzene rings is 2. The highest BCUT2D eigenvalue weighted by Crippen LogP contribution is 2.30. The number of ether oxygens (including phenoxy) is 2. The molecule has 0 unspecified atom stereocenters. The normalized spacial score (nSPS) is 10.9. The van der Waals surface area contributed by atoms with Crippen molar-refractivity contribution in [1.29, 1.82) is 0 Å². The van der Waals surface area contributed by atoms with Gasteiger partial charge in [-0.3, -0.25) is 4.79 Å². The summed E-state index contributed by atoms with van der Waals surface area (Å²) in [6.45, 7) is 2.16. The molecular weight excluding hydrogens is 465 g/mol. The van der Waals surface area contributed by atoms with Gasteiger partial charge in [0.05, 0.1) is 24.9 Å². The van der Waals surface area contributed by atoms with Crippen molar-refractivity contribution in [2.45, 2.75) is 13.5 Å². The summed E-state index contributed by atoms with van der Waals surface area (Å²) in [5, 5.41) is 0.855. The number of esters is 1. The van der Waals surface area contributed by atoms with Gasteiger partial charge in [-0.2, -0.15) is 0 Å². The number of hydrogen-bond donors (Lipinski definition) is 0. The summed E-state index contributed by atoms with van der Waals surface area (Å²) in [6, 6.07) is 12.5. The Morgan fingerprint density at radius 1 is 1.06 bits per heavy atom. The molecule has 0 aliphatic carbocycles. The number of carbonyl (C=O) groups excluding carboxylic acids is 1. The molecular formula is C24H19Cl2N3O4. The average Bonchev–Trinajstić information content (AvgIpc) is 2.80. The largest absolute Gasteiger partial charge is 0.497 e. The first-order valence-corrected chi connectivity index (χ1v) is 10.8. The second-order valence-corrected chi connectivity index (χ2v) is 8.02. The van der Waals surface area contributed by atoms with Gasteiger partial charge in [-0.05, 0) is 42.8 Å². The molecule has 4 aromatic rings. The summed E-state index contributed by atoms with van der Waals surface area (Å²) >= 11 is 12.4. The maximum atomic E-state index is 13.2. The van der Waals surface area contributed by atoms with Crippen LogP contribution in [0.15, 0.2) is 59.8 Å². The number of halogens is 2. The van der Waals surface area contributed by atoms with Gasteiger partial charge in [-0.15, -0.1) is 0 Å². The van der Waals surface area contributed by atoms with Crippen molar-refractivity contribution in [2.75, 3.05) is 13.7 Å². The van der Waals surface area contributed by atoms with Gasteiger partial charge in [0.1, 0.15) is 23.2 Å². The molecule has 0 saturated heterocycles. The molecule has 2 aromatic heterocycles. The molecule has 7 nitrogen and oxygen atoms in total. The Kier molecular flexibility index (Phi) is 6.62. The Bertz CT molecular complexity index is 1380. The van der Waals surface area contributed by atoms with Gasteiger partial charge >= 0.3 is 5.97 Å². The quantitative estimate of drug-likeness (QED) is 0.359. The van der Waals surface area contributed by atoms with E-state index in [1.807, 2.05) is 24.3 Å². The van der Waals surface area contributed by atoms with Gasteiger partial charge in [0.2, 0.25) is 5.43 Å². The third-order valence-electron chi connectivity index (χ3n) is 5.00. The lowest BCUT2D eigenvalue weighted by molar-refractivity contribution is 0.0524. The summed E-state index contributed by atoms with van der Waals surface area (Å²) in [4.78, 5) is 34.3. The molecule has 0 amide bonds. The Hall–Kier alpha value is -3.42. The molecule has 4 rings (SSSR count). The van der Waals surface area contributed by atoms with E-state index in [2.05, 4.69) is 9.97 Å². The maximum Gasteiger partial charge on any atom is 0.343 e. The number of carbonyl (C=O) groups is 1. The van der Waals surface area contributed by atoms with E-state index in [1.165, 1.54) is 12.5 Å². The van der Waals surface area contributed by atoms with E-state index in [-0.39, 0.29) is 17.7 Å². The van der Waals surface area contributed by atoms with Crippen LogP contribution in [0.1, 0.15) is 22.8 Å². The van der Waals surface area contributed by atoms with Crippen molar-refractivity contribution in [1.82, 2.24) is 14.5 Å². The fourth-order valence-electron chi connectivity index (χ4n) is 3.53. The van der Waals surface area contributed by atoms with Crippen LogP contribution in [0.3, 0.4) is 0 Å². The van der Waals surface area contributed by atoms with Crippen LogP contribution in [0, 0.1) is 0 Å². The third kappa shape index (κ3) is 4.69. The molecule has 33 heavy (non-hydrogen) atoms. The van der Waals surface area contributed by atoms with Crippen LogP contribution in [0.4, 0.5) is 0 Å². The van der Waals surface area contributed by atoms with Gasteiger partial charge < -0.3 is 14.0 Å². The van der Waals surface area contributed by atoms with Gasteiger partial charge in [0.25, 0.3) is 0 Å². The highest BCUT2D eigenvalue weighted by atomic mass is 35.5. The topological polar surface area (TPSA) is 83.3 Å². The minimum absolute atomic E-state index is 0.0927. The minimum atomic E-state index is -0.709. The van der Waals surface area contributed by atoms with Crippen molar-refractivity contribution < 1.29 is 14.3 Å². The van der Waals surface area contributed by atoms with Crippen LogP contribution < -0.4 is 10.2 Å². The van der Waals surface area contributed by atoms with E-state index in [9.17, 15) is 9.59 Å². The molecule has 0 atom stereocenters. The van der Waals surface area contributed by atoms with Crippen molar-refractivity contribution in [3.05, 3.63) is 86.4 Å². The van der Waals surface area contributed by atoms with Crippen molar-refractivity contribution in [3.8, 4) is 17.0 Å². The number of hydrogen-bond acceptors (Lipinski definition) is 6. The van der Waals surface area contributed by atoms with E-state index >= 15 is 0 Å². The molecule has 9 heteroatoms. The van der Waals surface area contributed by atoms with Crippen LogP contribution in [-0.2, 0) is 11.3 Å². The summed E-state index contributed by atoms with van der Waals surface area (Å²) in [7, 11) is 1.59. The van der Waals surface area contributed by atoms with Crippen LogP contribution in [0.25, 0.3) is 22.3 Å². The van der Waals surface area contributed by atoms with Gasteiger partial charge in [-0.1, -0.05) is 35.3 Å². The van der Waals surface area contributed by atoms with Crippen LogP contribution in [-0.4, -0.2) is 34.2 Å². The Labute approximate surface area is 199 Å². The van der Waals surface area contributed by atoms with Crippen LogP contribution in [0.2, 0.25) is 10.0 Å². The van der Waals surface area contributed by atoms with E-state index in [0.29, 0.717) is 39.1 Å². The number of fused-ring (bicyclic) bond motifs is 1. The average molecular weight is 484 g/mol. The van der Waals surface area contributed by atoms with E-state index < -0.39 is 11.4 Å². The molecule has 2 heterocycles. The predicted molar refractivity (Wildman–Crippen MR) is 127 cm³/mol. The van der Waals surface area contributed by atoms with E-state index in [4.69, 9.17) is 32.7 Å². The predicted octanol–water partition coefficient (Wildman–Crippen LogP) is 5.00. The second-order valence-electron chi connectivity index (χ2n) is 7.15. The summed E-state index contributed by atoms with van der Waals surface area (Å²) < 4.78 is 12.1. The lowest BCUT2D eigenvalue weighted by atomic mass is 10.1. The molecule has 2 aromatic carbocycles. The lowest BCUT2D eigenvalue weighted by Crippen LogP contribution is -2.22. The smallest absolute Gasteiger partial charge is 0.343 e. The van der Waals surface area contributed by atoms with E-state index in [0.717, 1.165) is 5.56 Å². The standard InChI is InChI=1S/C24H19Cl2N3O4/c1-3-33-24(31)19-12-29(11-14-4-6-18(32-2)7-5-14)22-20(27-13-28-21(22)23(19)30)15-8-16(25)10-17(26)9-15/h4-10,12-13H,3,11H2,1-2H3. The summed E-state index contributed by atoms with van der Waals surface area (Å²) in [5.41, 5.74) is 1.89. The zero-order chi connectivity index (χ0) is 23.5. The monoisotopic (exact) mass is 483 g/mol. The molecule has 0 aliphatic heterocycles. The zero-order valence-electron chi connectivity index (χ0n) is 17.8. The summed E-state index contributed by atoms with van der Waals surface area (Å²) in [5.74, 6) is 0.00663. The van der Waals surface area contributed by atoms with Crippen molar-refractivity contribution >= 4 is 40.2 Å². The molecule has 168 valence electrons. The minimum Gasteiger partial charge on any atom is -0.497 e. The highest BCUT2D eigenvalue weighted by molar-refractivity contribution is 6.35. The Morgan fingerprint density at radius 3 is 2.39 bits per heavy atom. The number of nitrogens with zero attached hydrogens (tertiary/aromatic N) is 3. The fourth-order valence-corrected chi connectivity index (χ4v) is 4.06. The first-order chi connectivity index (χ1) is 15.9.